The zero-order valence-corrected chi connectivity index (χ0v) is 11.6. The highest BCUT2D eigenvalue weighted by Crippen LogP contribution is 2.14. The molecule has 1 heterocycles. The Hall–Kier alpha value is -1.81. The second-order valence-corrected chi connectivity index (χ2v) is 5.06. The molecule has 0 fully saturated rings. The van der Waals surface area contributed by atoms with Crippen LogP contribution in [0.25, 0.3) is 10.9 Å². The van der Waals surface area contributed by atoms with Gasteiger partial charge < -0.3 is 15.0 Å². The summed E-state index contributed by atoms with van der Waals surface area (Å²) in [7, 11) is 1.65. The van der Waals surface area contributed by atoms with Gasteiger partial charge in [-0.2, -0.15) is 0 Å². The average molecular weight is 260 g/mol. The molecule has 0 saturated carbocycles. The minimum atomic E-state index is -0.0566. The maximum atomic E-state index is 12.2. The summed E-state index contributed by atoms with van der Waals surface area (Å²) < 4.78 is 5.14. The molecule has 102 valence electrons. The topological polar surface area (TPSA) is 54.1 Å². The van der Waals surface area contributed by atoms with Gasteiger partial charge in [-0.3, -0.25) is 4.79 Å². The van der Waals surface area contributed by atoms with Crippen LogP contribution in [0.2, 0.25) is 0 Å². The summed E-state index contributed by atoms with van der Waals surface area (Å²) in [5, 5.41) is 4.06. The normalized spacial score (nSPS) is 12.8. The number of carbonyl (C=O) groups is 1. The van der Waals surface area contributed by atoms with Crippen molar-refractivity contribution >= 4 is 16.8 Å². The number of methoxy groups -OCH3 is 1. The van der Waals surface area contributed by atoms with E-state index in [1.54, 1.807) is 7.11 Å². The van der Waals surface area contributed by atoms with Crippen molar-refractivity contribution in [2.75, 3.05) is 13.7 Å². The van der Waals surface area contributed by atoms with Crippen LogP contribution in [0.5, 0.6) is 0 Å². The summed E-state index contributed by atoms with van der Waals surface area (Å²) in [4.78, 5) is 15.3. The standard InChI is InChI=1S/C15H20N2O2/c1-10(2)14(9-19-3)17-15(18)12-4-5-13-11(8-12)6-7-16-13/h4-8,10,14,16H,9H2,1-3H3,(H,17,18). The number of aromatic nitrogens is 1. The van der Waals surface area contributed by atoms with E-state index in [0.29, 0.717) is 18.1 Å². The first kappa shape index (κ1) is 13.6. The number of aromatic amines is 1. The quantitative estimate of drug-likeness (QED) is 0.868. The van der Waals surface area contributed by atoms with Crippen molar-refractivity contribution < 1.29 is 9.53 Å². The molecule has 0 aliphatic heterocycles. The van der Waals surface area contributed by atoms with Gasteiger partial charge in [0.1, 0.15) is 0 Å². The van der Waals surface area contributed by atoms with Crippen molar-refractivity contribution in [2.45, 2.75) is 19.9 Å². The fourth-order valence-corrected chi connectivity index (χ4v) is 2.03. The van der Waals surface area contributed by atoms with Crippen LogP contribution in [-0.4, -0.2) is 30.6 Å². The number of H-pyrrole nitrogens is 1. The molecule has 2 aromatic rings. The number of amides is 1. The van der Waals surface area contributed by atoms with E-state index in [-0.39, 0.29) is 11.9 Å². The molecule has 1 unspecified atom stereocenters. The van der Waals surface area contributed by atoms with Crippen molar-refractivity contribution in [3.63, 3.8) is 0 Å². The summed E-state index contributed by atoms with van der Waals surface area (Å²) in [6, 6.07) is 7.63. The molecule has 0 saturated heterocycles. The Balaban J connectivity index is 2.13. The van der Waals surface area contributed by atoms with Gasteiger partial charge in [0.2, 0.25) is 0 Å². The largest absolute Gasteiger partial charge is 0.383 e. The number of nitrogens with one attached hydrogen (secondary N) is 2. The third-order valence-electron chi connectivity index (χ3n) is 3.28. The Morgan fingerprint density at radius 1 is 1.37 bits per heavy atom. The van der Waals surface area contributed by atoms with Gasteiger partial charge in [0.25, 0.3) is 5.91 Å². The Morgan fingerprint density at radius 2 is 2.16 bits per heavy atom. The zero-order chi connectivity index (χ0) is 13.8. The number of rotatable bonds is 5. The Kier molecular flexibility index (Phi) is 4.22. The number of carbonyl (C=O) groups excluding carboxylic acids is 1. The number of hydrogen-bond donors (Lipinski definition) is 2. The van der Waals surface area contributed by atoms with Gasteiger partial charge in [0.05, 0.1) is 12.6 Å². The summed E-state index contributed by atoms with van der Waals surface area (Å²) in [6.07, 6.45) is 1.87. The van der Waals surface area contributed by atoms with Crippen molar-refractivity contribution in [3.8, 4) is 0 Å². The molecule has 1 amide bonds. The average Bonchev–Trinajstić information content (AvgIpc) is 2.85. The highest BCUT2D eigenvalue weighted by molar-refractivity contribution is 5.98. The van der Waals surface area contributed by atoms with E-state index in [9.17, 15) is 4.79 Å². The predicted octanol–water partition coefficient (Wildman–Crippen LogP) is 2.57. The zero-order valence-electron chi connectivity index (χ0n) is 11.6. The number of fused-ring (bicyclic) bond motifs is 1. The molecular weight excluding hydrogens is 240 g/mol. The Bertz CT molecular complexity index is 560. The van der Waals surface area contributed by atoms with E-state index < -0.39 is 0 Å². The summed E-state index contributed by atoms with van der Waals surface area (Å²) in [5.74, 6) is 0.277. The monoisotopic (exact) mass is 260 g/mol. The molecule has 1 aromatic heterocycles. The molecule has 19 heavy (non-hydrogen) atoms. The molecule has 2 N–H and O–H groups in total. The molecular formula is C15H20N2O2. The summed E-state index contributed by atoms with van der Waals surface area (Å²) in [6.45, 7) is 4.66. The highest BCUT2D eigenvalue weighted by atomic mass is 16.5. The fraction of sp³-hybridized carbons (Fsp3) is 0.400. The number of ether oxygens (including phenoxy) is 1. The van der Waals surface area contributed by atoms with Gasteiger partial charge in [-0.1, -0.05) is 13.8 Å². The van der Waals surface area contributed by atoms with Gasteiger partial charge in [-0.25, -0.2) is 0 Å². The van der Waals surface area contributed by atoms with E-state index in [0.717, 1.165) is 10.9 Å². The van der Waals surface area contributed by atoms with E-state index in [2.05, 4.69) is 24.1 Å². The molecule has 0 radical (unpaired) electrons. The Labute approximate surface area is 113 Å². The molecule has 2 rings (SSSR count). The van der Waals surface area contributed by atoms with Gasteiger partial charge in [0.15, 0.2) is 0 Å². The van der Waals surface area contributed by atoms with Crippen LogP contribution in [0, 0.1) is 5.92 Å². The third-order valence-corrected chi connectivity index (χ3v) is 3.28. The van der Waals surface area contributed by atoms with Crippen molar-refractivity contribution in [3.05, 3.63) is 36.0 Å². The Morgan fingerprint density at radius 3 is 2.84 bits per heavy atom. The van der Waals surface area contributed by atoms with E-state index in [4.69, 9.17) is 4.74 Å². The van der Waals surface area contributed by atoms with E-state index >= 15 is 0 Å². The van der Waals surface area contributed by atoms with Crippen LogP contribution in [0.3, 0.4) is 0 Å². The lowest BCUT2D eigenvalue weighted by Gasteiger charge is -2.21. The molecule has 4 heteroatoms. The lowest BCUT2D eigenvalue weighted by molar-refractivity contribution is 0.0867. The van der Waals surface area contributed by atoms with Crippen molar-refractivity contribution in [1.82, 2.24) is 10.3 Å². The van der Waals surface area contributed by atoms with Gasteiger partial charge in [-0.15, -0.1) is 0 Å². The van der Waals surface area contributed by atoms with E-state index in [1.807, 2.05) is 30.5 Å². The molecule has 0 spiro atoms. The second kappa shape index (κ2) is 5.89. The third kappa shape index (κ3) is 3.15. The molecule has 0 aliphatic carbocycles. The van der Waals surface area contributed by atoms with Crippen LogP contribution in [0.4, 0.5) is 0 Å². The molecule has 1 aromatic carbocycles. The van der Waals surface area contributed by atoms with Crippen LogP contribution < -0.4 is 5.32 Å². The molecule has 0 aliphatic rings. The van der Waals surface area contributed by atoms with Gasteiger partial charge in [-0.05, 0) is 30.2 Å². The summed E-state index contributed by atoms with van der Waals surface area (Å²) in [5.41, 5.74) is 1.71. The smallest absolute Gasteiger partial charge is 0.251 e. The second-order valence-electron chi connectivity index (χ2n) is 5.06. The van der Waals surface area contributed by atoms with Crippen molar-refractivity contribution in [1.29, 1.82) is 0 Å². The van der Waals surface area contributed by atoms with Crippen LogP contribution >= 0.6 is 0 Å². The molecule has 4 nitrogen and oxygen atoms in total. The lowest BCUT2D eigenvalue weighted by Crippen LogP contribution is -2.41. The SMILES string of the molecule is COCC(NC(=O)c1ccc2[nH]ccc2c1)C(C)C. The highest BCUT2D eigenvalue weighted by Gasteiger charge is 2.17. The lowest BCUT2D eigenvalue weighted by atomic mass is 10.0. The first-order chi connectivity index (χ1) is 9.11. The number of hydrogen-bond acceptors (Lipinski definition) is 2. The predicted molar refractivity (Wildman–Crippen MR) is 76.3 cm³/mol. The minimum absolute atomic E-state index is 0.0272. The fourth-order valence-electron chi connectivity index (χ4n) is 2.03. The van der Waals surface area contributed by atoms with Gasteiger partial charge >= 0.3 is 0 Å². The molecule has 0 bridgehead atoms. The van der Waals surface area contributed by atoms with Crippen LogP contribution in [0.1, 0.15) is 24.2 Å². The minimum Gasteiger partial charge on any atom is -0.383 e. The maximum absolute atomic E-state index is 12.2. The van der Waals surface area contributed by atoms with Crippen molar-refractivity contribution in [2.24, 2.45) is 5.92 Å². The molecule has 1 atom stereocenters. The first-order valence-electron chi connectivity index (χ1n) is 6.48. The van der Waals surface area contributed by atoms with Crippen LogP contribution in [0.15, 0.2) is 30.5 Å². The van der Waals surface area contributed by atoms with Crippen LogP contribution in [-0.2, 0) is 4.74 Å². The van der Waals surface area contributed by atoms with E-state index in [1.165, 1.54) is 0 Å². The summed E-state index contributed by atoms with van der Waals surface area (Å²) >= 11 is 0. The number of benzene rings is 1. The maximum Gasteiger partial charge on any atom is 0.251 e. The van der Waals surface area contributed by atoms with Gasteiger partial charge in [0, 0.05) is 29.8 Å². The first-order valence-corrected chi connectivity index (χ1v) is 6.48.